The Morgan fingerprint density at radius 1 is 0.650 bits per heavy atom. The minimum Gasteiger partial charge on any atom is -0.143 e. The number of hydrogen-bond acceptors (Lipinski definition) is 1. The highest BCUT2D eigenvalue weighted by atomic mass is 32.1. The Bertz CT molecular complexity index is 718. The molecule has 96 valence electrons. The summed E-state index contributed by atoms with van der Waals surface area (Å²) in [4.78, 5) is 0.992. The summed E-state index contributed by atoms with van der Waals surface area (Å²) in [5, 5.41) is 0. The van der Waals surface area contributed by atoms with E-state index in [9.17, 15) is 0 Å². The van der Waals surface area contributed by atoms with E-state index in [4.69, 9.17) is 0 Å². The fourth-order valence-corrected chi connectivity index (χ4v) is 2.59. The smallest absolute Gasteiger partial charge is 0.140 e. The summed E-state index contributed by atoms with van der Waals surface area (Å²) in [6.07, 6.45) is 0. The number of hydrogen-bond donors (Lipinski definition) is 1. The first kappa shape index (κ1) is 13.1. The molecule has 0 atom stereocenters. The molecule has 20 heavy (non-hydrogen) atoms. The molecule has 0 heterocycles. The van der Waals surface area contributed by atoms with Gasteiger partial charge in [0.15, 0.2) is 0 Å². The van der Waals surface area contributed by atoms with Crippen molar-refractivity contribution in [3.8, 4) is 22.3 Å². The molecular weight excluding hydrogens is 259 g/mol. The quantitative estimate of drug-likeness (QED) is 0.536. The molecule has 0 aliphatic rings. The summed E-state index contributed by atoms with van der Waals surface area (Å²) in [6.45, 7) is 0. The zero-order chi connectivity index (χ0) is 13.9. The lowest BCUT2D eigenvalue weighted by Crippen LogP contribution is -2.06. The van der Waals surface area contributed by atoms with Gasteiger partial charge in [-0.1, -0.05) is 66.1 Å². The molecule has 0 N–H and O–H groups in total. The fourth-order valence-electron chi connectivity index (χ4n) is 2.44. The predicted octanol–water partition coefficient (Wildman–Crippen LogP) is 3.57. The molecule has 0 unspecified atom stereocenters. The van der Waals surface area contributed by atoms with Crippen molar-refractivity contribution in [2.75, 3.05) is 0 Å². The Hall–Kier alpha value is -1.93. The van der Waals surface area contributed by atoms with Crippen molar-refractivity contribution < 1.29 is 0 Å². The van der Waals surface area contributed by atoms with Crippen LogP contribution in [0.4, 0.5) is 0 Å². The van der Waals surface area contributed by atoms with Crippen LogP contribution in [0.1, 0.15) is 0 Å². The predicted molar refractivity (Wildman–Crippen MR) is 92.7 cm³/mol. The molecule has 0 fully saturated rings. The fraction of sp³-hybridized carbons (Fsp3) is 0. The standard InChI is InChI=1S/C18H15BS/c19-18-12-15(13-6-9-16(20)10-7-13)8-11-17(18)14-4-2-1-3-5-14/h1-12,20H,19H2. The molecule has 0 amide bonds. The lowest BCUT2D eigenvalue weighted by atomic mass is 9.85. The molecule has 2 heteroatoms. The van der Waals surface area contributed by atoms with Crippen LogP contribution >= 0.6 is 12.6 Å². The monoisotopic (exact) mass is 274 g/mol. The van der Waals surface area contributed by atoms with Gasteiger partial charge in [-0.15, -0.1) is 12.6 Å². The van der Waals surface area contributed by atoms with Crippen LogP contribution in [0.15, 0.2) is 77.7 Å². The van der Waals surface area contributed by atoms with E-state index in [0.717, 1.165) is 4.90 Å². The first-order valence-electron chi connectivity index (χ1n) is 6.69. The van der Waals surface area contributed by atoms with Crippen molar-refractivity contribution in [2.24, 2.45) is 0 Å². The van der Waals surface area contributed by atoms with Gasteiger partial charge in [0.2, 0.25) is 0 Å². The van der Waals surface area contributed by atoms with Crippen molar-refractivity contribution in [1.29, 1.82) is 0 Å². The summed E-state index contributed by atoms with van der Waals surface area (Å²) in [7, 11) is 2.17. The Kier molecular flexibility index (Phi) is 3.66. The second kappa shape index (κ2) is 5.60. The normalized spacial score (nSPS) is 10.4. The van der Waals surface area contributed by atoms with Crippen LogP contribution in [0.25, 0.3) is 22.3 Å². The highest BCUT2D eigenvalue weighted by molar-refractivity contribution is 7.80. The van der Waals surface area contributed by atoms with Crippen LogP contribution in [-0.4, -0.2) is 7.85 Å². The molecule has 3 aromatic rings. The second-order valence-corrected chi connectivity index (χ2v) is 5.46. The number of rotatable bonds is 2. The molecule has 0 saturated heterocycles. The third kappa shape index (κ3) is 2.66. The lowest BCUT2D eigenvalue weighted by molar-refractivity contribution is 1.47. The molecule has 0 aromatic heterocycles. The van der Waals surface area contributed by atoms with Gasteiger partial charge in [-0.3, -0.25) is 0 Å². The average molecular weight is 274 g/mol. The van der Waals surface area contributed by atoms with Crippen LogP contribution in [0.5, 0.6) is 0 Å². The van der Waals surface area contributed by atoms with E-state index >= 15 is 0 Å². The van der Waals surface area contributed by atoms with E-state index in [-0.39, 0.29) is 0 Å². The second-order valence-electron chi connectivity index (χ2n) is 4.94. The summed E-state index contributed by atoms with van der Waals surface area (Å²) in [5.41, 5.74) is 6.33. The molecule has 0 radical (unpaired) electrons. The van der Waals surface area contributed by atoms with E-state index in [0.29, 0.717) is 0 Å². The molecule has 3 aromatic carbocycles. The summed E-state index contributed by atoms with van der Waals surface area (Å²) < 4.78 is 0. The maximum atomic E-state index is 4.33. The first-order chi connectivity index (χ1) is 9.74. The van der Waals surface area contributed by atoms with Crippen LogP contribution in [0.3, 0.4) is 0 Å². The highest BCUT2D eigenvalue weighted by Gasteiger charge is 2.04. The van der Waals surface area contributed by atoms with Crippen molar-refractivity contribution >= 4 is 25.9 Å². The Morgan fingerprint density at radius 2 is 1.30 bits per heavy atom. The molecule has 3 rings (SSSR count). The summed E-state index contributed by atoms with van der Waals surface area (Å²) >= 11 is 4.33. The van der Waals surface area contributed by atoms with Gasteiger partial charge in [0, 0.05) is 4.90 Å². The van der Waals surface area contributed by atoms with Crippen LogP contribution < -0.4 is 5.46 Å². The Labute approximate surface area is 126 Å². The highest BCUT2D eigenvalue weighted by Crippen LogP contribution is 2.23. The SMILES string of the molecule is Bc1cc(-c2ccc(S)cc2)ccc1-c1ccccc1. The minimum absolute atomic E-state index is 0.992. The zero-order valence-corrected chi connectivity index (χ0v) is 12.3. The zero-order valence-electron chi connectivity index (χ0n) is 11.4. The lowest BCUT2D eigenvalue weighted by Gasteiger charge is -2.09. The summed E-state index contributed by atoms with van der Waals surface area (Å²) in [5.74, 6) is 0. The van der Waals surface area contributed by atoms with Gasteiger partial charge in [-0.25, -0.2) is 0 Å². The summed E-state index contributed by atoms with van der Waals surface area (Å²) in [6, 6.07) is 25.4. The molecule has 0 saturated carbocycles. The van der Waals surface area contributed by atoms with Crippen molar-refractivity contribution in [3.63, 3.8) is 0 Å². The van der Waals surface area contributed by atoms with E-state index in [1.807, 2.05) is 18.2 Å². The van der Waals surface area contributed by atoms with E-state index in [1.165, 1.54) is 27.7 Å². The van der Waals surface area contributed by atoms with E-state index in [2.05, 4.69) is 75.1 Å². The van der Waals surface area contributed by atoms with Gasteiger partial charge >= 0.3 is 0 Å². The van der Waals surface area contributed by atoms with Crippen molar-refractivity contribution in [1.82, 2.24) is 0 Å². The van der Waals surface area contributed by atoms with Gasteiger partial charge in [0.05, 0.1) is 0 Å². The Balaban J connectivity index is 2.01. The maximum absolute atomic E-state index is 4.33. The van der Waals surface area contributed by atoms with E-state index < -0.39 is 0 Å². The average Bonchev–Trinajstić information content (AvgIpc) is 2.49. The van der Waals surface area contributed by atoms with Crippen LogP contribution in [0.2, 0.25) is 0 Å². The maximum Gasteiger partial charge on any atom is 0.140 e. The largest absolute Gasteiger partial charge is 0.143 e. The Morgan fingerprint density at radius 3 is 1.95 bits per heavy atom. The van der Waals surface area contributed by atoms with Gasteiger partial charge in [-0.05, 0) is 34.4 Å². The first-order valence-corrected chi connectivity index (χ1v) is 7.14. The molecule has 0 bridgehead atoms. The molecule has 0 aliphatic heterocycles. The molecular formula is C18H15BS. The third-order valence-electron chi connectivity index (χ3n) is 3.51. The van der Waals surface area contributed by atoms with Gasteiger partial charge < -0.3 is 0 Å². The minimum atomic E-state index is 0.992. The van der Waals surface area contributed by atoms with Gasteiger partial charge in [-0.2, -0.15) is 0 Å². The van der Waals surface area contributed by atoms with Crippen LogP contribution in [-0.2, 0) is 0 Å². The number of thiol groups is 1. The molecule has 0 spiro atoms. The van der Waals surface area contributed by atoms with Gasteiger partial charge in [0.1, 0.15) is 7.85 Å². The molecule has 0 aliphatic carbocycles. The van der Waals surface area contributed by atoms with Gasteiger partial charge in [0.25, 0.3) is 0 Å². The molecule has 0 nitrogen and oxygen atoms in total. The van der Waals surface area contributed by atoms with Crippen LogP contribution in [0, 0.1) is 0 Å². The van der Waals surface area contributed by atoms with E-state index in [1.54, 1.807) is 0 Å². The topological polar surface area (TPSA) is 0 Å². The third-order valence-corrected chi connectivity index (χ3v) is 3.81. The number of benzene rings is 3. The van der Waals surface area contributed by atoms with Crippen molar-refractivity contribution in [3.05, 3.63) is 72.8 Å². The van der Waals surface area contributed by atoms with Crippen molar-refractivity contribution in [2.45, 2.75) is 4.90 Å².